The molecule has 8 heteroatoms. The fourth-order valence-electron chi connectivity index (χ4n) is 1.40. The summed E-state index contributed by atoms with van der Waals surface area (Å²) >= 11 is 10.7. The first-order valence-electron chi connectivity index (χ1n) is 4.56. The maximum absolute atomic E-state index is 10.8. The van der Waals surface area contributed by atoms with Crippen molar-refractivity contribution >= 4 is 29.5 Å². The molecule has 1 heterocycles. The number of H-pyrrole nitrogens is 1. The van der Waals surface area contributed by atoms with Gasteiger partial charge in [0.25, 0.3) is 5.69 Å². The van der Waals surface area contributed by atoms with Crippen molar-refractivity contribution < 1.29 is 4.92 Å². The zero-order chi connectivity index (χ0) is 12.6. The number of nitrogens with zero attached hydrogens (tertiary/aromatic N) is 3. The molecule has 2 aromatic rings. The van der Waals surface area contributed by atoms with Crippen LogP contribution in [-0.2, 0) is 7.05 Å². The number of halogens is 1. The lowest BCUT2D eigenvalue weighted by atomic mass is 10.2. The number of hydrogen-bond donors (Lipinski definition) is 1. The summed E-state index contributed by atoms with van der Waals surface area (Å²) in [6, 6.07) is 4.49. The molecule has 1 N–H and O–H groups in total. The van der Waals surface area contributed by atoms with Crippen molar-refractivity contribution in [3.63, 3.8) is 0 Å². The third-order valence-corrected chi connectivity index (χ3v) is 2.97. The Kier molecular flexibility index (Phi) is 2.95. The van der Waals surface area contributed by atoms with Crippen LogP contribution < -0.4 is 0 Å². The normalized spacial score (nSPS) is 10.5. The lowest BCUT2D eigenvalue weighted by molar-refractivity contribution is -0.384. The quantitative estimate of drug-likeness (QED) is 0.517. The number of rotatable bonds is 2. The first-order valence-corrected chi connectivity index (χ1v) is 5.35. The van der Waals surface area contributed by atoms with Crippen molar-refractivity contribution in [3.8, 4) is 11.4 Å². The predicted molar refractivity (Wildman–Crippen MR) is 65.5 cm³/mol. The number of benzene rings is 1. The minimum atomic E-state index is -0.535. The van der Waals surface area contributed by atoms with Crippen LogP contribution in [0.2, 0.25) is 5.02 Å². The van der Waals surface area contributed by atoms with Crippen LogP contribution in [0.4, 0.5) is 5.69 Å². The number of aromatic amines is 1. The number of nitro groups is 1. The average Bonchev–Trinajstić information content (AvgIpc) is 2.60. The Morgan fingerprint density at radius 1 is 1.59 bits per heavy atom. The molecular weight excluding hydrogens is 264 g/mol. The van der Waals surface area contributed by atoms with E-state index >= 15 is 0 Å². The molecule has 0 saturated carbocycles. The highest BCUT2D eigenvalue weighted by Crippen LogP contribution is 2.29. The number of aromatic nitrogens is 3. The van der Waals surface area contributed by atoms with Gasteiger partial charge in [-0.15, -0.1) is 0 Å². The standard InChI is InChI=1S/C9H7ClN4O2S/c1-13-8(11-12-9(13)17)5-2-3-6(10)7(4-5)14(15)16/h2-4H,1H3,(H,12,17). The summed E-state index contributed by atoms with van der Waals surface area (Å²) < 4.78 is 2.07. The second kappa shape index (κ2) is 4.27. The molecule has 88 valence electrons. The van der Waals surface area contributed by atoms with Crippen LogP contribution in [0.5, 0.6) is 0 Å². The molecule has 1 aromatic carbocycles. The maximum Gasteiger partial charge on any atom is 0.288 e. The van der Waals surface area contributed by atoms with E-state index in [4.69, 9.17) is 23.8 Å². The fraction of sp³-hybridized carbons (Fsp3) is 0.111. The molecule has 0 amide bonds. The number of nitrogens with one attached hydrogen (secondary N) is 1. The first kappa shape index (κ1) is 11.7. The van der Waals surface area contributed by atoms with Gasteiger partial charge >= 0.3 is 0 Å². The van der Waals surface area contributed by atoms with E-state index < -0.39 is 4.92 Å². The van der Waals surface area contributed by atoms with Crippen LogP contribution >= 0.6 is 23.8 Å². The Balaban J connectivity index is 2.61. The van der Waals surface area contributed by atoms with E-state index in [9.17, 15) is 10.1 Å². The van der Waals surface area contributed by atoms with Gasteiger partial charge in [0, 0.05) is 18.7 Å². The highest BCUT2D eigenvalue weighted by Gasteiger charge is 2.15. The third kappa shape index (κ3) is 2.06. The molecule has 0 bridgehead atoms. The van der Waals surface area contributed by atoms with Gasteiger partial charge in [0.1, 0.15) is 5.02 Å². The zero-order valence-corrected chi connectivity index (χ0v) is 10.2. The van der Waals surface area contributed by atoms with Crippen LogP contribution in [-0.4, -0.2) is 19.7 Å². The van der Waals surface area contributed by atoms with Crippen LogP contribution in [0.25, 0.3) is 11.4 Å². The lowest BCUT2D eigenvalue weighted by Crippen LogP contribution is -1.95. The van der Waals surface area contributed by atoms with Gasteiger partial charge in [0.2, 0.25) is 0 Å². The van der Waals surface area contributed by atoms with Gasteiger partial charge in [-0.2, -0.15) is 5.10 Å². The highest BCUT2D eigenvalue weighted by molar-refractivity contribution is 7.71. The zero-order valence-electron chi connectivity index (χ0n) is 8.68. The summed E-state index contributed by atoms with van der Waals surface area (Å²) in [4.78, 5) is 10.2. The van der Waals surface area contributed by atoms with E-state index in [0.29, 0.717) is 16.2 Å². The number of hydrogen-bond acceptors (Lipinski definition) is 4. The Morgan fingerprint density at radius 2 is 2.29 bits per heavy atom. The molecule has 0 aliphatic heterocycles. The molecule has 0 radical (unpaired) electrons. The summed E-state index contributed by atoms with van der Waals surface area (Å²) in [5.41, 5.74) is 0.425. The molecule has 1 aromatic heterocycles. The second-order valence-electron chi connectivity index (χ2n) is 3.33. The Hall–Kier alpha value is -1.73. The van der Waals surface area contributed by atoms with Gasteiger partial charge in [-0.25, -0.2) is 0 Å². The fourth-order valence-corrected chi connectivity index (χ4v) is 1.72. The summed E-state index contributed by atoms with van der Waals surface area (Å²) in [6.07, 6.45) is 0. The van der Waals surface area contributed by atoms with Crippen molar-refractivity contribution in [2.75, 3.05) is 0 Å². The highest BCUT2D eigenvalue weighted by atomic mass is 35.5. The van der Waals surface area contributed by atoms with Crippen LogP contribution in [0.1, 0.15) is 0 Å². The molecule has 0 atom stereocenters. The van der Waals surface area contributed by atoms with E-state index in [1.54, 1.807) is 17.7 Å². The smallest absolute Gasteiger partial charge is 0.288 e. The van der Waals surface area contributed by atoms with Gasteiger partial charge in [0.15, 0.2) is 10.6 Å². The minimum Gasteiger partial charge on any atom is -0.303 e. The van der Waals surface area contributed by atoms with Crippen LogP contribution in [0.3, 0.4) is 0 Å². The molecule has 17 heavy (non-hydrogen) atoms. The van der Waals surface area contributed by atoms with Gasteiger partial charge in [0.05, 0.1) is 4.92 Å². The first-order chi connectivity index (χ1) is 8.00. The van der Waals surface area contributed by atoms with Crippen molar-refractivity contribution in [1.82, 2.24) is 14.8 Å². The topological polar surface area (TPSA) is 76.8 Å². The lowest BCUT2D eigenvalue weighted by Gasteiger charge is -2.01. The maximum atomic E-state index is 10.8. The van der Waals surface area contributed by atoms with E-state index in [2.05, 4.69) is 10.2 Å². The monoisotopic (exact) mass is 270 g/mol. The third-order valence-electron chi connectivity index (χ3n) is 2.28. The van der Waals surface area contributed by atoms with Crippen molar-refractivity contribution in [2.45, 2.75) is 0 Å². The molecule has 0 aliphatic carbocycles. The summed E-state index contributed by atoms with van der Waals surface area (Å²) in [5, 5.41) is 17.5. The van der Waals surface area contributed by atoms with Crippen molar-refractivity contribution in [3.05, 3.63) is 38.1 Å². The minimum absolute atomic E-state index is 0.0931. The van der Waals surface area contributed by atoms with Crippen molar-refractivity contribution in [2.24, 2.45) is 7.05 Å². The molecule has 0 unspecified atom stereocenters. The van der Waals surface area contributed by atoms with Crippen LogP contribution in [0, 0.1) is 14.9 Å². The van der Waals surface area contributed by atoms with Crippen LogP contribution in [0.15, 0.2) is 18.2 Å². The van der Waals surface area contributed by atoms with Gasteiger partial charge < -0.3 is 4.57 Å². The Labute approximate surface area is 106 Å². The average molecular weight is 271 g/mol. The molecule has 0 saturated heterocycles. The molecule has 0 aliphatic rings. The van der Waals surface area contributed by atoms with Gasteiger partial charge in [-0.05, 0) is 24.4 Å². The van der Waals surface area contributed by atoms with Crippen molar-refractivity contribution in [1.29, 1.82) is 0 Å². The largest absolute Gasteiger partial charge is 0.303 e. The molecule has 2 rings (SSSR count). The van der Waals surface area contributed by atoms with Gasteiger partial charge in [-0.3, -0.25) is 15.2 Å². The predicted octanol–water partition coefficient (Wildman–Crippen LogP) is 2.71. The molecular formula is C9H7ClN4O2S. The van der Waals surface area contributed by atoms with E-state index in [1.165, 1.54) is 12.1 Å². The SMILES string of the molecule is Cn1c(-c2ccc(Cl)c([N+](=O)[O-])c2)n[nH]c1=S. The molecule has 0 spiro atoms. The summed E-state index contributed by atoms with van der Waals surface area (Å²) in [6.45, 7) is 0. The van der Waals surface area contributed by atoms with Gasteiger partial charge in [-0.1, -0.05) is 11.6 Å². The Bertz CT molecular complexity index is 649. The molecule has 0 fully saturated rings. The second-order valence-corrected chi connectivity index (χ2v) is 4.13. The van der Waals surface area contributed by atoms with E-state index in [-0.39, 0.29) is 10.7 Å². The summed E-state index contributed by atoms with van der Waals surface area (Å²) in [5.74, 6) is 0.523. The number of nitro benzene ring substituents is 1. The molecule has 6 nitrogen and oxygen atoms in total. The van der Waals surface area contributed by atoms with E-state index in [0.717, 1.165) is 0 Å². The van der Waals surface area contributed by atoms with E-state index in [1.807, 2.05) is 0 Å². The summed E-state index contributed by atoms with van der Waals surface area (Å²) in [7, 11) is 1.72. The Morgan fingerprint density at radius 3 is 2.82 bits per heavy atom.